The predicted octanol–water partition coefficient (Wildman–Crippen LogP) is 2.35. The van der Waals surface area contributed by atoms with E-state index in [1.165, 1.54) is 0 Å². The zero-order valence-corrected chi connectivity index (χ0v) is 11.8. The van der Waals surface area contributed by atoms with Crippen LogP contribution < -0.4 is 5.32 Å². The number of hydrogen-bond donors (Lipinski definition) is 2. The molecule has 1 amide bonds. The molecule has 0 aliphatic carbocycles. The molecule has 0 saturated carbocycles. The van der Waals surface area contributed by atoms with Crippen LogP contribution in [0, 0.1) is 12.3 Å². The number of carbonyl (C=O) groups is 1. The van der Waals surface area contributed by atoms with Gasteiger partial charge in [-0.25, -0.2) is 0 Å². The third-order valence-electron chi connectivity index (χ3n) is 2.59. The normalized spacial score (nSPS) is 15.2. The van der Waals surface area contributed by atoms with Crippen LogP contribution in [0.1, 0.15) is 45.6 Å². The van der Waals surface area contributed by atoms with Crippen molar-refractivity contribution < 1.29 is 14.3 Å². The fourth-order valence-electron chi connectivity index (χ4n) is 1.63. The molecule has 4 nitrogen and oxygen atoms in total. The molecule has 1 atom stereocenters. The second-order valence-corrected chi connectivity index (χ2v) is 6.20. The summed E-state index contributed by atoms with van der Waals surface area (Å²) in [5.74, 6) is 1.15. The van der Waals surface area contributed by atoms with Gasteiger partial charge in [-0.05, 0) is 31.4 Å². The summed E-state index contributed by atoms with van der Waals surface area (Å²) in [6, 6.07) is 3.52. The van der Waals surface area contributed by atoms with Crippen LogP contribution in [0.15, 0.2) is 16.5 Å². The van der Waals surface area contributed by atoms with Crippen molar-refractivity contribution in [1.29, 1.82) is 0 Å². The fourth-order valence-corrected chi connectivity index (χ4v) is 1.63. The zero-order chi connectivity index (χ0) is 14.0. The lowest BCUT2D eigenvalue weighted by molar-refractivity contribution is -0.124. The highest BCUT2D eigenvalue weighted by molar-refractivity contribution is 5.76. The SMILES string of the molecule is Cc1ccc(C(C)(O)CNC(=O)CC(C)(C)C)o1. The van der Waals surface area contributed by atoms with Crippen molar-refractivity contribution in [2.45, 2.75) is 46.6 Å². The lowest BCUT2D eigenvalue weighted by atomic mass is 9.92. The van der Waals surface area contributed by atoms with Crippen molar-refractivity contribution in [1.82, 2.24) is 5.32 Å². The van der Waals surface area contributed by atoms with Gasteiger partial charge in [-0.3, -0.25) is 4.79 Å². The van der Waals surface area contributed by atoms with Gasteiger partial charge in [0.15, 0.2) is 0 Å². The first-order chi connectivity index (χ1) is 8.10. The van der Waals surface area contributed by atoms with E-state index in [0.29, 0.717) is 12.2 Å². The Morgan fingerprint density at radius 1 is 1.33 bits per heavy atom. The maximum Gasteiger partial charge on any atom is 0.220 e. The third kappa shape index (κ3) is 4.53. The standard InChI is InChI=1S/C14H23NO3/c1-10-6-7-11(18-10)14(5,17)9-15-12(16)8-13(2,3)4/h6-7,17H,8-9H2,1-5H3,(H,15,16). The van der Waals surface area contributed by atoms with Crippen LogP contribution in [0.3, 0.4) is 0 Å². The van der Waals surface area contributed by atoms with Gasteiger partial charge in [0, 0.05) is 6.42 Å². The highest BCUT2D eigenvalue weighted by atomic mass is 16.4. The number of rotatable bonds is 4. The van der Waals surface area contributed by atoms with E-state index in [1.54, 1.807) is 19.1 Å². The summed E-state index contributed by atoms with van der Waals surface area (Å²) < 4.78 is 5.38. The first kappa shape index (κ1) is 14.8. The Hall–Kier alpha value is -1.29. The predicted molar refractivity (Wildman–Crippen MR) is 70.1 cm³/mol. The van der Waals surface area contributed by atoms with Crippen molar-refractivity contribution >= 4 is 5.91 Å². The molecule has 0 saturated heterocycles. The Kier molecular flexibility index (Phi) is 4.22. The van der Waals surface area contributed by atoms with Crippen molar-refractivity contribution in [2.24, 2.45) is 5.41 Å². The molecule has 1 heterocycles. The van der Waals surface area contributed by atoms with Crippen LogP contribution >= 0.6 is 0 Å². The Balaban J connectivity index is 2.55. The van der Waals surface area contributed by atoms with E-state index in [2.05, 4.69) is 5.32 Å². The summed E-state index contributed by atoms with van der Waals surface area (Å²) in [6.07, 6.45) is 0.431. The van der Waals surface area contributed by atoms with Gasteiger partial charge >= 0.3 is 0 Å². The first-order valence-corrected chi connectivity index (χ1v) is 6.16. The number of furan rings is 1. The average molecular weight is 253 g/mol. The Labute approximate surface area is 108 Å². The van der Waals surface area contributed by atoms with Gasteiger partial charge in [-0.1, -0.05) is 20.8 Å². The molecule has 0 fully saturated rings. The van der Waals surface area contributed by atoms with Crippen LogP contribution in [-0.4, -0.2) is 17.6 Å². The van der Waals surface area contributed by atoms with E-state index >= 15 is 0 Å². The molecular weight excluding hydrogens is 230 g/mol. The van der Waals surface area contributed by atoms with Gasteiger partial charge in [-0.2, -0.15) is 0 Å². The van der Waals surface area contributed by atoms with Gasteiger partial charge in [-0.15, -0.1) is 0 Å². The van der Waals surface area contributed by atoms with Crippen molar-refractivity contribution in [3.05, 3.63) is 23.7 Å². The van der Waals surface area contributed by atoms with Crippen LogP contribution in [0.25, 0.3) is 0 Å². The van der Waals surface area contributed by atoms with E-state index in [9.17, 15) is 9.90 Å². The van der Waals surface area contributed by atoms with E-state index in [1.807, 2.05) is 27.7 Å². The number of amides is 1. The first-order valence-electron chi connectivity index (χ1n) is 6.16. The summed E-state index contributed by atoms with van der Waals surface area (Å²) >= 11 is 0. The molecule has 1 aromatic rings. The molecule has 1 rings (SSSR count). The highest BCUT2D eigenvalue weighted by Gasteiger charge is 2.28. The molecule has 18 heavy (non-hydrogen) atoms. The van der Waals surface area contributed by atoms with Crippen LogP contribution in [0.4, 0.5) is 0 Å². The number of nitrogens with one attached hydrogen (secondary N) is 1. The minimum absolute atomic E-state index is 0.0583. The summed E-state index contributed by atoms with van der Waals surface area (Å²) in [4.78, 5) is 11.7. The van der Waals surface area contributed by atoms with Gasteiger partial charge in [0.05, 0.1) is 6.54 Å². The van der Waals surface area contributed by atoms with Crippen molar-refractivity contribution in [3.8, 4) is 0 Å². The molecule has 0 aromatic carbocycles. The molecule has 2 N–H and O–H groups in total. The van der Waals surface area contributed by atoms with Crippen molar-refractivity contribution in [3.63, 3.8) is 0 Å². The summed E-state index contributed by atoms with van der Waals surface area (Å²) in [5, 5.41) is 13.0. The fraction of sp³-hybridized carbons (Fsp3) is 0.643. The summed E-state index contributed by atoms with van der Waals surface area (Å²) in [6.45, 7) is 9.59. The second-order valence-electron chi connectivity index (χ2n) is 6.20. The van der Waals surface area contributed by atoms with Crippen LogP contribution in [0.2, 0.25) is 0 Å². The molecule has 0 aliphatic rings. The summed E-state index contributed by atoms with van der Waals surface area (Å²) in [5.41, 5.74) is -1.24. The molecule has 1 unspecified atom stereocenters. The molecule has 1 aromatic heterocycles. The molecule has 0 aliphatic heterocycles. The lowest BCUT2D eigenvalue weighted by Crippen LogP contribution is -2.39. The third-order valence-corrected chi connectivity index (χ3v) is 2.59. The Morgan fingerprint density at radius 3 is 2.39 bits per heavy atom. The highest BCUT2D eigenvalue weighted by Crippen LogP contribution is 2.22. The minimum atomic E-state index is -1.18. The molecule has 0 bridgehead atoms. The van der Waals surface area contributed by atoms with E-state index < -0.39 is 5.60 Å². The molecule has 0 radical (unpaired) electrons. The quantitative estimate of drug-likeness (QED) is 0.865. The van der Waals surface area contributed by atoms with Crippen molar-refractivity contribution in [2.75, 3.05) is 6.54 Å². The molecule has 102 valence electrons. The smallest absolute Gasteiger partial charge is 0.220 e. The lowest BCUT2D eigenvalue weighted by Gasteiger charge is -2.23. The number of aryl methyl sites for hydroxylation is 1. The largest absolute Gasteiger partial charge is 0.463 e. The number of hydrogen-bond acceptors (Lipinski definition) is 3. The maximum absolute atomic E-state index is 11.7. The molecule has 4 heteroatoms. The maximum atomic E-state index is 11.7. The molecule has 0 spiro atoms. The topological polar surface area (TPSA) is 62.5 Å². The van der Waals surface area contributed by atoms with Gasteiger partial charge in [0.2, 0.25) is 5.91 Å². The van der Waals surface area contributed by atoms with E-state index in [-0.39, 0.29) is 17.9 Å². The monoisotopic (exact) mass is 253 g/mol. The Morgan fingerprint density at radius 2 is 1.94 bits per heavy atom. The molecular formula is C14H23NO3. The van der Waals surface area contributed by atoms with Gasteiger partial charge in [0.1, 0.15) is 17.1 Å². The van der Waals surface area contributed by atoms with E-state index in [4.69, 9.17) is 4.42 Å². The van der Waals surface area contributed by atoms with Gasteiger partial charge < -0.3 is 14.8 Å². The van der Waals surface area contributed by atoms with E-state index in [0.717, 1.165) is 5.76 Å². The summed E-state index contributed by atoms with van der Waals surface area (Å²) in [7, 11) is 0. The number of aliphatic hydroxyl groups is 1. The average Bonchev–Trinajstić information content (AvgIpc) is 2.60. The number of carbonyl (C=O) groups excluding carboxylic acids is 1. The second kappa shape index (κ2) is 5.14. The zero-order valence-electron chi connectivity index (χ0n) is 11.8. The minimum Gasteiger partial charge on any atom is -0.463 e. The Bertz CT molecular complexity index is 413. The van der Waals surface area contributed by atoms with Crippen LogP contribution in [-0.2, 0) is 10.4 Å². The van der Waals surface area contributed by atoms with Gasteiger partial charge in [0.25, 0.3) is 0 Å². The van der Waals surface area contributed by atoms with Crippen LogP contribution in [0.5, 0.6) is 0 Å².